The van der Waals surface area contributed by atoms with Gasteiger partial charge in [-0.1, -0.05) is 18.2 Å². The van der Waals surface area contributed by atoms with E-state index in [1.807, 2.05) is 24.3 Å². The Morgan fingerprint density at radius 2 is 2.00 bits per heavy atom. The van der Waals surface area contributed by atoms with E-state index in [2.05, 4.69) is 14.4 Å². The van der Waals surface area contributed by atoms with Gasteiger partial charge in [-0.3, -0.25) is 14.6 Å². The number of benzene rings is 2. The van der Waals surface area contributed by atoms with E-state index in [0.29, 0.717) is 4.90 Å². The van der Waals surface area contributed by atoms with Crippen molar-refractivity contribution in [2.45, 2.75) is 30.3 Å². The highest BCUT2D eigenvalue weighted by Gasteiger charge is 2.31. The number of likely N-dealkylation sites (tertiary alicyclic amines) is 1. The van der Waals surface area contributed by atoms with Gasteiger partial charge >= 0.3 is 6.36 Å². The van der Waals surface area contributed by atoms with Crippen LogP contribution in [0.25, 0.3) is 0 Å². The van der Waals surface area contributed by atoms with Gasteiger partial charge in [0.1, 0.15) is 5.75 Å². The number of nitrogens with two attached hydrogens (primary N) is 2. The fourth-order valence-electron chi connectivity index (χ4n) is 3.17. The number of ether oxygens (including phenoxy) is 1. The molecule has 1 aliphatic rings. The first-order valence-electron chi connectivity index (χ1n) is 9.34. The van der Waals surface area contributed by atoms with Gasteiger partial charge in [-0.05, 0) is 54.3 Å². The maximum Gasteiger partial charge on any atom is 0.573 e. The quantitative estimate of drug-likeness (QED) is 0.330. The maximum atomic E-state index is 12.4. The SMILES string of the molecule is N/C=C\N(N)c1ccc(CN2CCC(NSc3cccc(OC(F)(F)F)c3)C2)cc1. The number of hydrogen-bond donors (Lipinski definition) is 3. The summed E-state index contributed by atoms with van der Waals surface area (Å²) in [6.07, 6.45) is -0.774. The lowest BCUT2D eigenvalue weighted by molar-refractivity contribution is -0.274. The zero-order chi connectivity index (χ0) is 21.6. The molecule has 1 heterocycles. The standard InChI is InChI=1S/C20H24F3N5OS/c21-20(22,23)29-18-2-1-3-19(12-18)30-26-16-8-10-27(14-16)13-15-4-6-17(7-5-15)28(25)11-9-24/h1-7,9,11-12,16,26H,8,10,13-14,24-25H2/b11-9-. The Morgan fingerprint density at radius 1 is 1.23 bits per heavy atom. The maximum absolute atomic E-state index is 12.4. The van der Waals surface area contributed by atoms with Crippen molar-refractivity contribution in [1.82, 2.24) is 9.62 Å². The molecule has 10 heteroatoms. The minimum atomic E-state index is -4.69. The summed E-state index contributed by atoms with van der Waals surface area (Å²) in [6.45, 7) is 2.61. The molecular weight excluding hydrogens is 415 g/mol. The molecule has 6 nitrogen and oxygen atoms in total. The molecule has 0 aromatic heterocycles. The molecule has 0 bridgehead atoms. The molecule has 2 aromatic rings. The number of halogens is 3. The third kappa shape index (κ3) is 6.84. The molecule has 0 radical (unpaired) electrons. The molecule has 1 saturated heterocycles. The third-order valence-electron chi connectivity index (χ3n) is 4.54. The third-order valence-corrected chi connectivity index (χ3v) is 5.48. The normalized spacial score (nSPS) is 17.5. The average molecular weight is 440 g/mol. The van der Waals surface area contributed by atoms with Crippen molar-refractivity contribution in [1.29, 1.82) is 0 Å². The summed E-state index contributed by atoms with van der Waals surface area (Å²) in [5.41, 5.74) is 7.36. The number of alkyl halides is 3. The lowest BCUT2D eigenvalue weighted by Crippen LogP contribution is -2.28. The van der Waals surface area contributed by atoms with Gasteiger partial charge in [-0.25, -0.2) is 5.84 Å². The monoisotopic (exact) mass is 439 g/mol. The summed E-state index contributed by atoms with van der Waals surface area (Å²) in [5, 5.41) is 1.45. The van der Waals surface area contributed by atoms with Crippen molar-refractivity contribution >= 4 is 17.6 Å². The number of nitrogens with one attached hydrogen (secondary N) is 1. The molecule has 1 aliphatic heterocycles. The molecule has 1 fully saturated rings. The molecule has 1 atom stereocenters. The lowest BCUT2D eigenvalue weighted by Gasteiger charge is -2.18. The topological polar surface area (TPSA) is 79.8 Å². The minimum absolute atomic E-state index is 0.219. The molecule has 3 rings (SSSR count). The molecule has 0 amide bonds. The number of anilines is 1. The van der Waals surface area contributed by atoms with Crippen LogP contribution < -0.4 is 26.0 Å². The summed E-state index contributed by atoms with van der Waals surface area (Å²) in [6, 6.07) is 14.1. The molecule has 5 N–H and O–H groups in total. The highest BCUT2D eigenvalue weighted by Crippen LogP contribution is 2.27. The van der Waals surface area contributed by atoms with Crippen molar-refractivity contribution in [3.05, 3.63) is 66.5 Å². The largest absolute Gasteiger partial charge is 0.573 e. The van der Waals surface area contributed by atoms with Crippen LogP contribution >= 0.6 is 11.9 Å². The summed E-state index contributed by atoms with van der Waals surface area (Å²) in [5.74, 6) is 5.62. The van der Waals surface area contributed by atoms with Gasteiger partial charge in [0.2, 0.25) is 0 Å². The summed E-state index contributed by atoms with van der Waals surface area (Å²) >= 11 is 1.32. The summed E-state index contributed by atoms with van der Waals surface area (Å²) in [4.78, 5) is 3.00. The molecule has 2 aromatic carbocycles. The highest BCUT2D eigenvalue weighted by molar-refractivity contribution is 7.97. The van der Waals surface area contributed by atoms with Crippen LogP contribution in [0.1, 0.15) is 12.0 Å². The first-order chi connectivity index (χ1) is 14.3. The number of hydrazine groups is 1. The van der Waals surface area contributed by atoms with Crippen molar-refractivity contribution in [3.63, 3.8) is 0 Å². The van der Waals surface area contributed by atoms with Crippen molar-refractivity contribution < 1.29 is 17.9 Å². The minimum Gasteiger partial charge on any atom is -0.406 e. The van der Waals surface area contributed by atoms with Gasteiger partial charge in [0.15, 0.2) is 0 Å². The molecule has 162 valence electrons. The first-order valence-corrected chi connectivity index (χ1v) is 10.2. The zero-order valence-corrected chi connectivity index (χ0v) is 17.0. The first kappa shape index (κ1) is 22.3. The smallest absolute Gasteiger partial charge is 0.406 e. The molecule has 0 aliphatic carbocycles. The molecule has 0 spiro atoms. The second-order valence-electron chi connectivity index (χ2n) is 6.88. The Bertz CT molecular complexity index is 847. The van der Waals surface area contributed by atoms with Crippen LogP contribution in [-0.4, -0.2) is 30.4 Å². The second kappa shape index (κ2) is 10.1. The van der Waals surface area contributed by atoms with E-state index in [9.17, 15) is 13.2 Å². The second-order valence-corrected chi connectivity index (χ2v) is 7.79. The van der Waals surface area contributed by atoms with Crippen molar-refractivity contribution in [2.75, 3.05) is 18.1 Å². The molecular formula is C20H24F3N5OS. The predicted octanol–water partition coefficient (Wildman–Crippen LogP) is 3.57. The van der Waals surface area contributed by atoms with E-state index in [4.69, 9.17) is 11.6 Å². The van der Waals surface area contributed by atoms with Crippen LogP contribution in [0.15, 0.2) is 65.8 Å². The van der Waals surface area contributed by atoms with Crippen LogP contribution in [-0.2, 0) is 6.54 Å². The number of rotatable bonds is 8. The van der Waals surface area contributed by atoms with Crippen LogP contribution in [0.5, 0.6) is 5.75 Å². The van der Waals surface area contributed by atoms with E-state index >= 15 is 0 Å². The van der Waals surface area contributed by atoms with Crippen molar-refractivity contribution in [3.8, 4) is 5.75 Å². The molecule has 1 unspecified atom stereocenters. The van der Waals surface area contributed by atoms with Crippen LogP contribution in [0.3, 0.4) is 0 Å². The summed E-state index contributed by atoms with van der Waals surface area (Å²) in [7, 11) is 0. The zero-order valence-electron chi connectivity index (χ0n) is 16.2. The van der Waals surface area contributed by atoms with Crippen LogP contribution in [0.4, 0.5) is 18.9 Å². The fraction of sp³-hybridized carbons (Fsp3) is 0.300. The van der Waals surface area contributed by atoms with E-state index in [-0.39, 0.29) is 11.8 Å². The van der Waals surface area contributed by atoms with Gasteiger partial charge in [-0.2, -0.15) is 0 Å². The van der Waals surface area contributed by atoms with E-state index in [1.165, 1.54) is 40.9 Å². The Labute approximate surface area is 177 Å². The molecule has 0 saturated carbocycles. The Hall–Kier alpha value is -2.40. The van der Waals surface area contributed by atoms with E-state index < -0.39 is 6.36 Å². The predicted molar refractivity (Wildman–Crippen MR) is 112 cm³/mol. The van der Waals surface area contributed by atoms with Gasteiger partial charge < -0.3 is 10.5 Å². The van der Waals surface area contributed by atoms with Crippen LogP contribution in [0, 0.1) is 0 Å². The Morgan fingerprint density at radius 3 is 2.70 bits per heavy atom. The van der Waals surface area contributed by atoms with Gasteiger partial charge in [-0.15, -0.1) is 13.2 Å². The van der Waals surface area contributed by atoms with Crippen LogP contribution in [0.2, 0.25) is 0 Å². The highest BCUT2D eigenvalue weighted by atomic mass is 32.2. The average Bonchev–Trinajstić information content (AvgIpc) is 3.13. The van der Waals surface area contributed by atoms with Crippen molar-refractivity contribution in [2.24, 2.45) is 11.6 Å². The van der Waals surface area contributed by atoms with E-state index in [0.717, 1.165) is 31.7 Å². The van der Waals surface area contributed by atoms with E-state index in [1.54, 1.807) is 18.3 Å². The lowest BCUT2D eigenvalue weighted by atomic mass is 10.2. The Kier molecular flexibility index (Phi) is 7.48. The Balaban J connectivity index is 1.46. The summed E-state index contributed by atoms with van der Waals surface area (Å²) < 4.78 is 44.4. The fourth-order valence-corrected chi connectivity index (χ4v) is 3.99. The van der Waals surface area contributed by atoms with Gasteiger partial charge in [0.25, 0.3) is 0 Å². The number of nitrogens with zero attached hydrogens (tertiary/aromatic N) is 2. The number of hydrogen-bond acceptors (Lipinski definition) is 7. The van der Waals surface area contributed by atoms with Gasteiger partial charge in [0.05, 0.1) is 5.69 Å². The van der Waals surface area contributed by atoms with Gasteiger partial charge in [0, 0.05) is 43.0 Å². The molecule has 30 heavy (non-hydrogen) atoms.